The first kappa shape index (κ1) is 38.3. The Morgan fingerprint density at radius 2 is 1.38 bits per heavy atom. The second-order valence-electron chi connectivity index (χ2n) is 0.519. The van der Waals surface area contributed by atoms with Crippen molar-refractivity contribution >= 4 is 43.7 Å². The molecule has 0 aliphatic heterocycles. The minimum atomic E-state index is -0.833. The van der Waals surface area contributed by atoms with Crippen molar-refractivity contribution in [2.45, 2.75) is 6.92 Å². The van der Waals surface area contributed by atoms with E-state index < -0.39 is 5.97 Å². The Labute approximate surface area is 79.6 Å². The minimum absolute atomic E-state index is 0. The van der Waals surface area contributed by atoms with Gasteiger partial charge in [-0.1, -0.05) is 0 Å². The second kappa shape index (κ2) is 25.5. The fourth-order valence-corrected chi connectivity index (χ4v) is 0. The molecule has 0 amide bonds. The van der Waals surface area contributed by atoms with Crippen LogP contribution in [-0.4, -0.2) is 65.2 Å². The van der Waals surface area contributed by atoms with E-state index in [-0.39, 0.29) is 57.0 Å². The third-order valence-electron chi connectivity index (χ3n) is 0. The van der Waals surface area contributed by atoms with Gasteiger partial charge in [-0.2, -0.15) is 0 Å². The Bertz CT molecular complexity index is 40.6. The van der Waals surface area contributed by atoms with Crippen LogP contribution in [0.2, 0.25) is 0 Å². The van der Waals surface area contributed by atoms with Gasteiger partial charge in [0.05, 0.1) is 0 Å². The molecule has 0 saturated carbocycles. The summed E-state index contributed by atoms with van der Waals surface area (Å²) in [6.45, 7) is 1.08. The van der Waals surface area contributed by atoms with Gasteiger partial charge < -0.3 is 24.4 Å². The smallest absolute Gasteiger partial charge is 1.00 e. The summed E-state index contributed by atoms with van der Waals surface area (Å²) in [6.07, 6.45) is 0. The van der Waals surface area contributed by atoms with Crippen molar-refractivity contribution in [2.24, 2.45) is 0 Å². The molecule has 7 N–H and O–H groups in total. The van der Waals surface area contributed by atoms with Crippen molar-refractivity contribution in [3.8, 4) is 0 Å². The van der Waals surface area contributed by atoms with Gasteiger partial charge in [-0.05, 0) is 0 Å². The van der Waals surface area contributed by atoms with Crippen LogP contribution >= 0.6 is 0 Å². The number of aliphatic carboxylic acids is 1. The minimum Gasteiger partial charge on any atom is -1.00 e. The summed E-state index contributed by atoms with van der Waals surface area (Å²) in [7, 11) is 0. The molecule has 0 heterocycles. The summed E-state index contributed by atoms with van der Waals surface area (Å²) in [5.74, 6) is -0.833. The Balaban J connectivity index is -0.00000000300. The summed E-state index contributed by atoms with van der Waals surface area (Å²) in [6, 6.07) is 0. The molecule has 0 unspecified atom stereocenters. The van der Waals surface area contributed by atoms with Crippen molar-refractivity contribution in [2.75, 3.05) is 0 Å². The van der Waals surface area contributed by atoms with Gasteiger partial charge >= 0.3 is 37.7 Å². The predicted octanol–water partition coefficient (Wildman–Crippen LogP) is -2.54. The number of hydrogen-bond donors (Lipinski definition) is 1. The van der Waals surface area contributed by atoms with E-state index in [9.17, 15) is 0 Å². The maximum atomic E-state index is 9.00. The fraction of sp³-hybridized carbons (Fsp3) is 0.500. The van der Waals surface area contributed by atoms with Crippen LogP contribution in [0.15, 0.2) is 0 Å². The maximum absolute atomic E-state index is 9.00. The van der Waals surface area contributed by atoms with Gasteiger partial charge in [0.1, 0.15) is 0 Å². The van der Waals surface area contributed by atoms with Gasteiger partial charge in [0.2, 0.25) is 0 Å². The van der Waals surface area contributed by atoms with Crippen LogP contribution in [0.4, 0.5) is 0 Å². The molecule has 0 aliphatic rings. The molecule has 0 aromatic heterocycles. The monoisotopic (exact) mass is 156 g/mol. The van der Waals surface area contributed by atoms with Gasteiger partial charge in [0.25, 0.3) is 5.97 Å². The topological polar surface area (TPSA) is 132 Å². The molecule has 0 spiro atoms. The van der Waals surface area contributed by atoms with E-state index in [1.54, 1.807) is 0 Å². The first-order valence-electron chi connectivity index (χ1n) is 0.928. The molecule has 0 aromatic carbocycles. The maximum Gasteiger partial charge on any atom is 2.00 e. The first-order chi connectivity index (χ1) is 1.73. The summed E-state index contributed by atoms with van der Waals surface area (Å²) < 4.78 is 0. The zero-order valence-electron chi connectivity index (χ0n) is 6.56. The Morgan fingerprint density at radius 1 is 1.38 bits per heavy atom. The molecule has 52 valence electrons. The standard InChI is InChI=1S/C2H4O2.Ca.3H2O.2H/c1-2(3)4;;;;;;/h1H3,(H,3,4);;3*1H2;;/q;+2;;;;2*-1. The van der Waals surface area contributed by atoms with E-state index in [4.69, 9.17) is 9.90 Å². The molecule has 5 nitrogen and oxygen atoms in total. The van der Waals surface area contributed by atoms with Crippen LogP contribution in [0.3, 0.4) is 0 Å². The van der Waals surface area contributed by atoms with Gasteiger partial charge in [0, 0.05) is 6.92 Å². The summed E-state index contributed by atoms with van der Waals surface area (Å²) in [5.41, 5.74) is 0. The average Bonchev–Trinajstić information content (AvgIpc) is 0.811. The van der Waals surface area contributed by atoms with Gasteiger partial charge in [-0.25, -0.2) is 0 Å². The zero-order valence-corrected chi connectivity index (χ0v) is 6.77. The second-order valence-corrected chi connectivity index (χ2v) is 0.519. The van der Waals surface area contributed by atoms with Crippen molar-refractivity contribution in [3.05, 3.63) is 0 Å². The number of carboxylic acids is 1. The molecule has 0 radical (unpaired) electrons. The summed E-state index contributed by atoms with van der Waals surface area (Å²) in [4.78, 5) is 9.00. The molecule has 0 saturated heterocycles. The van der Waals surface area contributed by atoms with Crippen molar-refractivity contribution < 1.29 is 29.2 Å². The van der Waals surface area contributed by atoms with Crippen LogP contribution in [0, 0.1) is 0 Å². The molecular weight excluding hydrogens is 144 g/mol. The van der Waals surface area contributed by atoms with E-state index in [2.05, 4.69) is 0 Å². The van der Waals surface area contributed by atoms with Crippen molar-refractivity contribution in [1.29, 1.82) is 0 Å². The van der Waals surface area contributed by atoms with Crippen molar-refractivity contribution in [1.82, 2.24) is 0 Å². The molecule has 8 heavy (non-hydrogen) atoms. The number of rotatable bonds is 0. The average molecular weight is 156 g/mol. The van der Waals surface area contributed by atoms with E-state index in [0.717, 1.165) is 6.92 Å². The van der Waals surface area contributed by atoms with Crippen LogP contribution in [-0.2, 0) is 4.79 Å². The van der Waals surface area contributed by atoms with Gasteiger partial charge in [-0.15, -0.1) is 0 Å². The molecule has 0 aliphatic carbocycles. The molecule has 0 fully saturated rings. The van der Waals surface area contributed by atoms with Gasteiger partial charge in [0.15, 0.2) is 0 Å². The predicted molar refractivity (Wildman–Crippen MR) is 32.1 cm³/mol. The first-order valence-corrected chi connectivity index (χ1v) is 0.928. The number of carbonyl (C=O) groups is 1. The molecule has 0 rings (SSSR count). The van der Waals surface area contributed by atoms with Crippen LogP contribution < -0.4 is 0 Å². The fourth-order valence-electron chi connectivity index (χ4n) is 0. The van der Waals surface area contributed by atoms with Crippen LogP contribution in [0.25, 0.3) is 0 Å². The van der Waals surface area contributed by atoms with E-state index in [1.807, 2.05) is 0 Å². The van der Waals surface area contributed by atoms with Crippen LogP contribution in [0.1, 0.15) is 9.78 Å². The van der Waals surface area contributed by atoms with Crippen molar-refractivity contribution in [3.63, 3.8) is 0 Å². The van der Waals surface area contributed by atoms with E-state index >= 15 is 0 Å². The quantitative estimate of drug-likeness (QED) is 0.387. The Morgan fingerprint density at radius 3 is 1.38 bits per heavy atom. The molecule has 6 heteroatoms. The molecule has 0 atom stereocenters. The third-order valence-corrected chi connectivity index (χ3v) is 0. The largest absolute Gasteiger partial charge is 2.00 e. The van der Waals surface area contributed by atoms with E-state index in [0.29, 0.717) is 0 Å². The third kappa shape index (κ3) is 559. The summed E-state index contributed by atoms with van der Waals surface area (Å²) in [5, 5.41) is 7.42. The summed E-state index contributed by atoms with van der Waals surface area (Å²) >= 11 is 0. The van der Waals surface area contributed by atoms with Gasteiger partial charge in [-0.3, -0.25) is 4.79 Å². The normalized spacial score (nSPS) is 3.12. The SMILES string of the molecule is CC(=O)O.O.O.O.[Ca+2].[H-].[H-]. The molecular formula is C2H12CaO5. The Kier molecular flexibility index (Phi) is 122. The Hall–Kier alpha value is 0.610. The number of hydrogen-bond acceptors (Lipinski definition) is 1. The van der Waals surface area contributed by atoms with E-state index in [1.165, 1.54) is 0 Å². The van der Waals surface area contributed by atoms with Crippen LogP contribution in [0.5, 0.6) is 0 Å². The molecule has 0 bridgehead atoms. The zero-order chi connectivity index (χ0) is 3.58. The molecule has 0 aromatic rings. The number of carboxylic acid groups (broad SMARTS) is 1.